The largest absolute Gasteiger partial charge is 0.457 e. The van der Waals surface area contributed by atoms with Gasteiger partial charge in [-0.05, 0) is 66.1 Å². The van der Waals surface area contributed by atoms with Crippen molar-refractivity contribution in [2.45, 2.75) is 6.92 Å². The van der Waals surface area contributed by atoms with Gasteiger partial charge in [0.25, 0.3) is 0 Å². The minimum Gasteiger partial charge on any atom is -0.457 e. The van der Waals surface area contributed by atoms with Gasteiger partial charge in [-0.3, -0.25) is 4.98 Å². The molecule has 1 aliphatic heterocycles. The van der Waals surface area contributed by atoms with Crippen LogP contribution in [0.25, 0.3) is 22.4 Å². The predicted molar refractivity (Wildman–Crippen MR) is 131 cm³/mol. The summed E-state index contributed by atoms with van der Waals surface area (Å²) in [5.74, 6) is 1.62. The fourth-order valence-corrected chi connectivity index (χ4v) is 3.91. The summed E-state index contributed by atoms with van der Waals surface area (Å²) in [7, 11) is 2.06. The molecule has 4 heteroatoms. The molecule has 0 atom stereocenters. The second-order valence-corrected chi connectivity index (χ2v) is 8.10. The molecule has 0 saturated heterocycles. The van der Waals surface area contributed by atoms with Crippen molar-refractivity contribution < 1.29 is 4.74 Å². The maximum atomic E-state index is 6.27. The smallest absolute Gasteiger partial charge is 0.129 e. The average molecular weight is 420 g/mol. The zero-order valence-corrected chi connectivity index (χ0v) is 18.3. The fourth-order valence-electron chi connectivity index (χ4n) is 3.91. The molecule has 0 fully saturated rings. The summed E-state index contributed by atoms with van der Waals surface area (Å²) in [5.41, 5.74) is 6.53. The third-order valence-corrected chi connectivity index (χ3v) is 5.48. The molecule has 0 N–H and O–H groups in total. The van der Waals surface area contributed by atoms with E-state index in [-0.39, 0.29) is 0 Å². The van der Waals surface area contributed by atoms with Crippen molar-refractivity contribution in [3.8, 4) is 33.9 Å². The number of nitrogens with zero attached hydrogens (tertiary/aromatic N) is 3. The van der Waals surface area contributed by atoms with Crippen molar-refractivity contribution in [2.75, 3.05) is 18.6 Å². The molecule has 0 unspecified atom stereocenters. The molecular weight excluding hydrogens is 394 g/mol. The van der Waals surface area contributed by atoms with Gasteiger partial charge in [0.05, 0.1) is 12.4 Å². The van der Waals surface area contributed by atoms with Crippen molar-refractivity contribution in [2.24, 2.45) is 0 Å². The van der Waals surface area contributed by atoms with Crippen LogP contribution in [0.4, 0.5) is 5.69 Å². The minimum atomic E-state index is 0.804. The first kappa shape index (κ1) is 19.9. The van der Waals surface area contributed by atoms with E-state index < -0.39 is 0 Å². The first-order chi connectivity index (χ1) is 15.6. The number of benzene rings is 3. The van der Waals surface area contributed by atoms with Crippen molar-refractivity contribution >= 4 is 5.69 Å². The van der Waals surface area contributed by atoms with Gasteiger partial charge in [0.2, 0.25) is 0 Å². The molecule has 1 aliphatic rings. The molecule has 0 aliphatic carbocycles. The molecule has 4 nitrogen and oxygen atoms in total. The number of aryl methyl sites for hydroxylation is 1. The first-order valence-corrected chi connectivity index (χ1v) is 10.7. The molecule has 0 amide bonds. The highest BCUT2D eigenvalue weighted by atomic mass is 16.5. The van der Waals surface area contributed by atoms with Gasteiger partial charge in [0.15, 0.2) is 0 Å². The Balaban J connectivity index is 1.42. The van der Waals surface area contributed by atoms with Crippen molar-refractivity contribution in [1.29, 1.82) is 0 Å². The van der Waals surface area contributed by atoms with Crippen LogP contribution in [-0.4, -0.2) is 23.6 Å². The van der Waals surface area contributed by atoms with E-state index in [0.29, 0.717) is 0 Å². The van der Waals surface area contributed by atoms with Crippen LogP contribution in [-0.2, 0) is 0 Å². The van der Waals surface area contributed by atoms with Gasteiger partial charge in [-0.1, -0.05) is 36.4 Å². The predicted octanol–water partition coefficient (Wildman–Crippen LogP) is 6.70. The van der Waals surface area contributed by atoms with Crippen LogP contribution in [0.3, 0.4) is 0 Å². The third kappa shape index (κ3) is 4.35. The lowest BCUT2D eigenvalue weighted by atomic mass is 10.0. The van der Waals surface area contributed by atoms with Gasteiger partial charge in [-0.25, -0.2) is 0 Å². The molecule has 158 valence electrons. The van der Waals surface area contributed by atoms with Gasteiger partial charge in [0, 0.05) is 43.0 Å². The second-order valence-electron chi connectivity index (χ2n) is 8.10. The molecule has 0 radical (unpaired) electrons. The number of hydrogen-bond donors (Lipinski definition) is 0. The van der Waals surface area contributed by atoms with E-state index in [1.165, 1.54) is 5.56 Å². The highest BCUT2D eigenvalue weighted by Gasteiger charge is 2.12. The van der Waals surface area contributed by atoms with Gasteiger partial charge in [-0.15, -0.1) is 0 Å². The molecule has 32 heavy (non-hydrogen) atoms. The van der Waals surface area contributed by atoms with E-state index in [0.717, 1.165) is 46.2 Å². The quantitative estimate of drug-likeness (QED) is 0.360. The van der Waals surface area contributed by atoms with E-state index in [4.69, 9.17) is 4.74 Å². The fraction of sp³-hybridized carbons (Fsp3) is 0.107. The first-order valence-electron chi connectivity index (χ1n) is 10.7. The molecular formula is C28H25N3O. The van der Waals surface area contributed by atoms with Crippen LogP contribution in [0, 0.1) is 6.92 Å². The lowest BCUT2D eigenvalue weighted by Gasteiger charge is -2.19. The van der Waals surface area contributed by atoms with Gasteiger partial charge in [0.1, 0.15) is 11.5 Å². The van der Waals surface area contributed by atoms with E-state index in [1.54, 1.807) is 0 Å². The van der Waals surface area contributed by atoms with Crippen LogP contribution in [0.2, 0.25) is 0 Å². The Hall–Kier alpha value is -4.05. The standard InChI is InChI=1S/C28H25N3O/c1-21-15-24(28-18-23(11-12-29-28)22-7-4-3-5-8-22)17-27(16-21)32-26-10-6-9-25(19-26)31-14-13-30(2)20-31/h3-19H,20H2,1-2H3. The molecule has 0 bridgehead atoms. The Morgan fingerprint density at radius 1 is 0.750 bits per heavy atom. The Bertz CT molecular complexity index is 1270. The number of rotatable bonds is 5. The number of anilines is 1. The van der Waals surface area contributed by atoms with Crippen molar-refractivity contribution in [1.82, 2.24) is 9.88 Å². The monoisotopic (exact) mass is 419 g/mol. The van der Waals surface area contributed by atoms with Crippen LogP contribution < -0.4 is 9.64 Å². The van der Waals surface area contributed by atoms with Crippen LogP contribution in [0.15, 0.2) is 104 Å². The lowest BCUT2D eigenvalue weighted by molar-refractivity contribution is 0.480. The molecule has 3 aromatic carbocycles. The average Bonchev–Trinajstić information content (AvgIpc) is 3.26. The van der Waals surface area contributed by atoms with Crippen molar-refractivity contribution in [3.63, 3.8) is 0 Å². The lowest BCUT2D eigenvalue weighted by Crippen LogP contribution is -2.21. The maximum Gasteiger partial charge on any atom is 0.129 e. The normalized spacial score (nSPS) is 12.9. The Kier molecular flexibility index (Phi) is 5.34. The van der Waals surface area contributed by atoms with E-state index in [9.17, 15) is 0 Å². The number of ether oxygens (including phenoxy) is 1. The maximum absolute atomic E-state index is 6.27. The topological polar surface area (TPSA) is 28.6 Å². The molecule has 0 spiro atoms. The second kappa shape index (κ2) is 8.60. The zero-order chi connectivity index (χ0) is 21.9. The summed E-state index contributed by atoms with van der Waals surface area (Å²) in [6.07, 6.45) is 6.01. The highest BCUT2D eigenvalue weighted by Crippen LogP contribution is 2.32. The third-order valence-electron chi connectivity index (χ3n) is 5.48. The zero-order valence-electron chi connectivity index (χ0n) is 18.3. The highest BCUT2D eigenvalue weighted by molar-refractivity contribution is 5.71. The van der Waals surface area contributed by atoms with Gasteiger partial charge in [-0.2, -0.15) is 0 Å². The van der Waals surface area contributed by atoms with Gasteiger partial charge < -0.3 is 14.5 Å². The Morgan fingerprint density at radius 2 is 1.62 bits per heavy atom. The van der Waals surface area contributed by atoms with E-state index in [2.05, 4.69) is 102 Å². The molecule has 2 heterocycles. The van der Waals surface area contributed by atoms with E-state index in [1.807, 2.05) is 30.5 Å². The summed E-state index contributed by atoms with van der Waals surface area (Å²) >= 11 is 0. The van der Waals surface area contributed by atoms with Crippen LogP contribution in [0.5, 0.6) is 11.5 Å². The van der Waals surface area contributed by atoms with Crippen LogP contribution >= 0.6 is 0 Å². The Labute approximate surface area is 189 Å². The number of pyridine rings is 1. The summed E-state index contributed by atoms with van der Waals surface area (Å²) < 4.78 is 6.27. The SMILES string of the molecule is Cc1cc(Oc2cccc(N3C=CN(C)C3)c2)cc(-c2cc(-c3ccccc3)ccn2)c1. The van der Waals surface area contributed by atoms with Crippen molar-refractivity contribution in [3.05, 3.63) is 109 Å². The van der Waals surface area contributed by atoms with Crippen LogP contribution in [0.1, 0.15) is 5.56 Å². The summed E-state index contributed by atoms with van der Waals surface area (Å²) in [4.78, 5) is 8.95. The minimum absolute atomic E-state index is 0.804. The van der Waals surface area contributed by atoms with E-state index >= 15 is 0 Å². The van der Waals surface area contributed by atoms with Gasteiger partial charge >= 0.3 is 0 Å². The Morgan fingerprint density at radius 3 is 2.44 bits per heavy atom. The molecule has 1 aromatic heterocycles. The summed E-state index contributed by atoms with van der Waals surface area (Å²) in [6.45, 7) is 2.92. The molecule has 4 aromatic rings. The molecule has 0 saturated carbocycles. The summed E-state index contributed by atoms with van der Waals surface area (Å²) in [6, 6.07) is 29.0. The number of aromatic nitrogens is 1. The summed E-state index contributed by atoms with van der Waals surface area (Å²) in [5, 5.41) is 0. The number of hydrogen-bond acceptors (Lipinski definition) is 4. The molecule has 5 rings (SSSR count).